The minimum Gasteiger partial charge on any atom is -0.465 e. The largest absolute Gasteiger partial charge is 0.465 e. The zero-order valence-corrected chi connectivity index (χ0v) is 16.7. The molecule has 0 saturated carbocycles. The third kappa shape index (κ3) is 5.36. The predicted octanol–water partition coefficient (Wildman–Crippen LogP) is 4.75. The van der Waals surface area contributed by atoms with Crippen LogP contribution in [0.25, 0.3) is 0 Å². The third-order valence-corrected chi connectivity index (χ3v) is 4.78. The highest BCUT2D eigenvalue weighted by Crippen LogP contribution is 2.20. The number of aryl methyl sites for hydroxylation is 2. The van der Waals surface area contributed by atoms with Gasteiger partial charge in [0.25, 0.3) is 5.91 Å². The highest BCUT2D eigenvalue weighted by molar-refractivity contribution is 6.31. The minimum absolute atomic E-state index is 0.302. The van der Waals surface area contributed by atoms with Crippen LogP contribution in [0.5, 0.6) is 0 Å². The van der Waals surface area contributed by atoms with Crippen LogP contribution in [0.1, 0.15) is 31.8 Å². The molecule has 3 N–H and O–H groups in total. The number of esters is 1. The van der Waals surface area contributed by atoms with Crippen LogP contribution in [0.3, 0.4) is 0 Å². The van der Waals surface area contributed by atoms with Gasteiger partial charge in [0.1, 0.15) is 0 Å². The number of hydrogen-bond acceptors (Lipinski definition) is 4. The van der Waals surface area contributed by atoms with Crippen molar-refractivity contribution in [3.05, 3.63) is 94.0 Å². The molecule has 3 rings (SSSR count). The Hall–Kier alpha value is -3.31. The molecule has 3 aromatic rings. The van der Waals surface area contributed by atoms with Crippen molar-refractivity contribution in [2.24, 2.45) is 0 Å². The standard InChI is InChI=1S/C23H21ClN2O3/c1-29-23(28)17-8-4-15(5-9-17)2-3-16-6-11-19(12-7-16)26-22(27)20-14-18(24)10-13-21(20)25/h4-14H,2-3,25H2,1H3,(H,26,27). The Morgan fingerprint density at radius 3 is 2.10 bits per heavy atom. The maximum atomic E-state index is 12.4. The van der Waals surface area contributed by atoms with Gasteiger partial charge in [-0.2, -0.15) is 0 Å². The van der Waals surface area contributed by atoms with Crippen LogP contribution in [0, 0.1) is 0 Å². The average Bonchev–Trinajstić information content (AvgIpc) is 2.74. The Morgan fingerprint density at radius 1 is 0.931 bits per heavy atom. The van der Waals surface area contributed by atoms with Crippen LogP contribution in [-0.2, 0) is 17.6 Å². The molecule has 0 aliphatic carbocycles. The molecule has 29 heavy (non-hydrogen) atoms. The highest BCUT2D eigenvalue weighted by Gasteiger charge is 2.11. The number of nitrogens with one attached hydrogen (secondary N) is 1. The Balaban J connectivity index is 1.58. The maximum Gasteiger partial charge on any atom is 0.337 e. The van der Waals surface area contributed by atoms with Crippen molar-refractivity contribution in [1.82, 2.24) is 0 Å². The average molecular weight is 409 g/mol. The highest BCUT2D eigenvalue weighted by atomic mass is 35.5. The van der Waals surface area contributed by atoms with Gasteiger partial charge in [0.05, 0.1) is 18.2 Å². The van der Waals surface area contributed by atoms with E-state index in [9.17, 15) is 9.59 Å². The fraction of sp³-hybridized carbons (Fsp3) is 0.130. The lowest BCUT2D eigenvalue weighted by Crippen LogP contribution is -2.14. The van der Waals surface area contributed by atoms with Crippen LogP contribution in [-0.4, -0.2) is 19.0 Å². The van der Waals surface area contributed by atoms with Crippen molar-refractivity contribution in [1.29, 1.82) is 0 Å². The lowest BCUT2D eigenvalue weighted by atomic mass is 10.0. The van der Waals surface area contributed by atoms with Crippen LogP contribution in [0.15, 0.2) is 66.7 Å². The second kappa shape index (κ2) is 9.26. The number of carbonyl (C=O) groups excluding carboxylic acids is 2. The molecule has 5 nitrogen and oxygen atoms in total. The topological polar surface area (TPSA) is 81.4 Å². The van der Waals surface area contributed by atoms with E-state index < -0.39 is 0 Å². The second-order valence-corrected chi connectivity index (χ2v) is 7.01. The van der Waals surface area contributed by atoms with E-state index >= 15 is 0 Å². The molecule has 0 atom stereocenters. The zero-order chi connectivity index (χ0) is 20.8. The van der Waals surface area contributed by atoms with Gasteiger partial charge < -0.3 is 15.8 Å². The number of carbonyl (C=O) groups is 2. The van der Waals surface area contributed by atoms with Gasteiger partial charge in [0.15, 0.2) is 0 Å². The summed E-state index contributed by atoms with van der Waals surface area (Å²) in [4.78, 5) is 23.9. The molecule has 0 spiro atoms. The molecule has 148 valence electrons. The molecular weight excluding hydrogens is 388 g/mol. The first-order valence-electron chi connectivity index (χ1n) is 9.09. The predicted molar refractivity (Wildman–Crippen MR) is 115 cm³/mol. The van der Waals surface area contributed by atoms with Gasteiger partial charge >= 0.3 is 5.97 Å². The summed E-state index contributed by atoms with van der Waals surface area (Å²) in [6.07, 6.45) is 1.68. The van der Waals surface area contributed by atoms with E-state index in [2.05, 4.69) is 5.32 Å². The summed E-state index contributed by atoms with van der Waals surface area (Å²) in [5.41, 5.74) is 10.1. The van der Waals surface area contributed by atoms with Gasteiger partial charge in [0, 0.05) is 16.4 Å². The van der Waals surface area contributed by atoms with E-state index in [-0.39, 0.29) is 11.9 Å². The molecule has 0 saturated heterocycles. The van der Waals surface area contributed by atoms with Crippen LogP contribution in [0.4, 0.5) is 11.4 Å². The molecule has 0 aromatic heterocycles. The number of nitrogen functional groups attached to an aromatic ring is 1. The van der Waals surface area contributed by atoms with E-state index in [0.717, 1.165) is 24.0 Å². The van der Waals surface area contributed by atoms with Crippen molar-refractivity contribution >= 4 is 34.9 Å². The van der Waals surface area contributed by atoms with E-state index in [4.69, 9.17) is 22.1 Å². The van der Waals surface area contributed by atoms with Crippen molar-refractivity contribution in [2.45, 2.75) is 12.8 Å². The lowest BCUT2D eigenvalue weighted by Gasteiger charge is -2.09. The van der Waals surface area contributed by atoms with Crippen molar-refractivity contribution in [3.63, 3.8) is 0 Å². The second-order valence-electron chi connectivity index (χ2n) is 6.57. The Bertz CT molecular complexity index is 1020. The smallest absolute Gasteiger partial charge is 0.337 e. The fourth-order valence-corrected chi connectivity index (χ4v) is 3.06. The van der Waals surface area contributed by atoms with E-state index in [1.54, 1.807) is 30.3 Å². The zero-order valence-electron chi connectivity index (χ0n) is 15.9. The quantitative estimate of drug-likeness (QED) is 0.455. The Morgan fingerprint density at radius 2 is 1.52 bits per heavy atom. The van der Waals surface area contributed by atoms with Crippen molar-refractivity contribution in [3.8, 4) is 0 Å². The number of anilines is 2. The summed E-state index contributed by atoms with van der Waals surface area (Å²) in [7, 11) is 1.37. The first-order chi connectivity index (χ1) is 14.0. The minimum atomic E-state index is -0.339. The number of nitrogens with two attached hydrogens (primary N) is 1. The number of amides is 1. The van der Waals surface area contributed by atoms with Crippen molar-refractivity contribution < 1.29 is 14.3 Å². The summed E-state index contributed by atoms with van der Waals surface area (Å²) in [6.45, 7) is 0. The summed E-state index contributed by atoms with van der Waals surface area (Å²) in [6, 6.07) is 19.8. The molecule has 3 aromatic carbocycles. The molecule has 0 aliphatic rings. The first-order valence-corrected chi connectivity index (χ1v) is 9.46. The first kappa shape index (κ1) is 20.4. The fourth-order valence-electron chi connectivity index (χ4n) is 2.89. The summed E-state index contributed by atoms with van der Waals surface area (Å²) < 4.78 is 4.70. The van der Waals surface area contributed by atoms with E-state index in [1.165, 1.54) is 7.11 Å². The van der Waals surface area contributed by atoms with Crippen LogP contribution in [0.2, 0.25) is 5.02 Å². The summed E-state index contributed by atoms with van der Waals surface area (Å²) in [5.74, 6) is -0.642. The Kier molecular flexibility index (Phi) is 6.52. The van der Waals surface area contributed by atoms with E-state index in [1.807, 2.05) is 36.4 Å². The molecule has 0 radical (unpaired) electrons. The molecule has 0 fully saturated rings. The number of halogens is 1. The summed E-state index contributed by atoms with van der Waals surface area (Å²) in [5, 5.41) is 3.29. The van der Waals surface area contributed by atoms with Gasteiger partial charge in [-0.1, -0.05) is 35.9 Å². The van der Waals surface area contributed by atoms with Crippen LogP contribution >= 0.6 is 11.6 Å². The molecule has 0 bridgehead atoms. The maximum absolute atomic E-state index is 12.4. The molecule has 0 unspecified atom stereocenters. The monoisotopic (exact) mass is 408 g/mol. The van der Waals surface area contributed by atoms with E-state index in [0.29, 0.717) is 27.5 Å². The Labute approximate surface area is 174 Å². The van der Waals surface area contributed by atoms with Crippen molar-refractivity contribution in [2.75, 3.05) is 18.2 Å². The molecular formula is C23H21ClN2O3. The molecule has 6 heteroatoms. The van der Waals surface area contributed by atoms with Gasteiger partial charge in [0.2, 0.25) is 0 Å². The summed E-state index contributed by atoms with van der Waals surface area (Å²) >= 11 is 5.94. The number of benzene rings is 3. The molecule has 0 aliphatic heterocycles. The number of rotatable bonds is 6. The van der Waals surface area contributed by atoms with Crippen LogP contribution < -0.4 is 11.1 Å². The van der Waals surface area contributed by atoms with Gasteiger partial charge in [-0.25, -0.2) is 4.79 Å². The normalized spacial score (nSPS) is 10.4. The SMILES string of the molecule is COC(=O)c1ccc(CCc2ccc(NC(=O)c3cc(Cl)ccc3N)cc2)cc1. The number of methoxy groups -OCH3 is 1. The van der Waals surface area contributed by atoms with Gasteiger partial charge in [-0.05, 0) is 66.4 Å². The number of hydrogen-bond donors (Lipinski definition) is 2. The number of ether oxygens (including phenoxy) is 1. The molecule has 0 heterocycles. The molecule has 1 amide bonds. The van der Waals surface area contributed by atoms with Gasteiger partial charge in [-0.3, -0.25) is 4.79 Å². The van der Waals surface area contributed by atoms with Gasteiger partial charge in [-0.15, -0.1) is 0 Å². The third-order valence-electron chi connectivity index (χ3n) is 4.55. The lowest BCUT2D eigenvalue weighted by molar-refractivity contribution is 0.0600.